The van der Waals surface area contributed by atoms with E-state index in [-0.39, 0.29) is 5.91 Å². The summed E-state index contributed by atoms with van der Waals surface area (Å²) in [5, 5.41) is 10.7. The standard InChI is InChI=1S/C23H28N6O3/c1-5-22(30)25-18-12-17(20(31-4)13-21(18)32-11-10-28(2)3)26-23-24-14-16-8-9-19(15-6-7-15)29(16)27-23/h5,8-9,12-15H,1,6-7,10-11H2,2-4H3,(H,25,30)(H,26,27). The summed E-state index contributed by atoms with van der Waals surface area (Å²) in [4.78, 5) is 18.4. The van der Waals surface area contributed by atoms with Gasteiger partial charge in [0.2, 0.25) is 11.9 Å². The third-order valence-corrected chi connectivity index (χ3v) is 5.21. The number of likely N-dealkylation sites (N-methyl/N-ethyl adjacent to an activating group) is 1. The number of fused-ring (bicyclic) bond motifs is 1. The van der Waals surface area contributed by atoms with Crippen molar-refractivity contribution in [2.45, 2.75) is 18.8 Å². The molecule has 2 N–H and O–H groups in total. The molecule has 3 aromatic rings. The predicted octanol–water partition coefficient (Wildman–Crippen LogP) is 3.42. The van der Waals surface area contributed by atoms with E-state index in [0.29, 0.717) is 41.3 Å². The molecule has 0 unspecified atom stereocenters. The van der Waals surface area contributed by atoms with Gasteiger partial charge in [0.05, 0.1) is 30.2 Å². The maximum Gasteiger partial charge on any atom is 0.247 e. The number of hydrogen-bond donors (Lipinski definition) is 2. The first-order valence-corrected chi connectivity index (χ1v) is 10.5. The number of amides is 1. The smallest absolute Gasteiger partial charge is 0.247 e. The SMILES string of the molecule is C=CC(=O)Nc1cc(Nc2ncc3ccc(C4CC4)n3n2)c(OC)cc1OCCN(C)C. The van der Waals surface area contributed by atoms with Gasteiger partial charge in [-0.3, -0.25) is 4.79 Å². The molecular weight excluding hydrogens is 408 g/mol. The first-order valence-electron chi connectivity index (χ1n) is 10.5. The minimum Gasteiger partial charge on any atom is -0.494 e. The van der Waals surface area contributed by atoms with Gasteiger partial charge in [-0.05, 0) is 51.2 Å². The molecule has 2 heterocycles. The summed E-state index contributed by atoms with van der Waals surface area (Å²) in [5.41, 5.74) is 3.25. The third-order valence-electron chi connectivity index (χ3n) is 5.21. The molecule has 168 valence electrons. The van der Waals surface area contributed by atoms with Gasteiger partial charge in [-0.15, -0.1) is 5.10 Å². The number of carbonyl (C=O) groups excluding carboxylic acids is 1. The molecule has 1 saturated carbocycles. The average Bonchev–Trinajstić information content (AvgIpc) is 3.53. The van der Waals surface area contributed by atoms with E-state index in [2.05, 4.69) is 33.4 Å². The van der Waals surface area contributed by atoms with Crippen molar-refractivity contribution in [3.05, 3.63) is 48.8 Å². The van der Waals surface area contributed by atoms with E-state index >= 15 is 0 Å². The maximum atomic E-state index is 12.0. The highest BCUT2D eigenvalue weighted by Crippen LogP contribution is 2.41. The van der Waals surface area contributed by atoms with Gasteiger partial charge in [-0.1, -0.05) is 6.58 Å². The Morgan fingerprint density at radius 1 is 1.28 bits per heavy atom. The average molecular weight is 437 g/mol. The number of anilines is 3. The third kappa shape index (κ3) is 4.83. The highest BCUT2D eigenvalue weighted by molar-refractivity contribution is 6.00. The second kappa shape index (κ2) is 9.27. The van der Waals surface area contributed by atoms with Gasteiger partial charge >= 0.3 is 0 Å². The minimum absolute atomic E-state index is 0.335. The van der Waals surface area contributed by atoms with Gasteiger partial charge in [-0.25, -0.2) is 9.50 Å². The van der Waals surface area contributed by atoms with Crippen molar-refractivity contribution >= 4 is 28.7 Å². The molecule has 1 amide bonds. The first kappa shape index (κ1) is 21.6. The summed E-state index contributed by atoms with van der Waals surface area (Å²) < 4.78 is 13.4. The van der Waals surface area contributed by atoms with Crippen LogP contribution in [0, 0.1) is 0 Å². The lowest BCUT2D eigenvalue weighted by Crippen LogP contribution is -2.20. The minimum atomic E-state index is -0.335. The number of nitrogens with one attached hydrogen (secondary N) is 2. The molecule has 1 aromatic carbocycles. The van der Waals surface area contributed by atoms with Crippen LogP contribution in [0.2, 0.25) is 0 Å². The molecule has 0 radical (unpaired) electrons. The van der Waals surface area contributed by atoms with Crippen molar-refractivity contribution < 1.29 is 14.3 Å². The van der Waals surface area contributed by atoms with Crippen LogP contribution in [-0.4, -0.2) is 59.8 Å². The van der Waals surface area contributed by atoms with Crippen molar-refractivity contribution in [3.8, 4) is 11.5 Å². The fraction of sp³-hybridized carbons (Fsp3) is 0.348. The Bertz CT molecular complexity index is 1140. The van der Waals surface area contributed by atoms with Crippen molar-refractivity contribution in [3.63, 3.8) is 0 Å². The number of ether oxygens (including phenoxy) is 2. The Labute approximate surface area is 187 Å². The fourth-order valence-electron chi connectivity index (χ4n) is 3.35. The van der Waals surface area contributed by atoms with Crippen LogP contribution in [0.5, 0.6) is 11.5 Å². The molecule has 9 nitrogen and oxygen atoms in total. The van der Waals surface area contributed by atoms with E-state index in [1.807, 2.05) is 29.6 Å². The Hall–Kier alpha value is -3.59. The molecule has 0 spiro atoms. The number of benzene rings is 1. The quantitative estimate of drug-likeness (QED) is 0.471. The van der Waals surface area contributed by atoms with Crippen LogP contribution in [0.4, 0.5) is 17.3 Å². The Morgan fingerprint density at radius 3 is 2.78 bits per heavy atom. The summed E-state index contributed by atoms with van der Waals surface area (Å²) in [6.07, 6.45) is 5.37. The summed E-state index contributed by atoms with van der Waals surface area (Å²) in [6.45, 7) is 4.71. The van der Waals surface area contributed by atoms with E-state index in [4.69, 9.17) is 9.47 Å². The molecule has 1 aliphatic carbocycles. The summed E-state index contributed by atoms with van der Waals surface area (Å²) in [7, 11) is 5.51. The van der Waals surface area contributed by atoms with Crippen LogP contribution in [0.25, 0.3) is 5.52 Å². The van der Waals surface area contributed by atoms with E-state index in [9.17, 15) is 4.79 Å². The number of aromatic nitrogens is 3. The van der Waals surface area contributed by atoms with E-state index in [0.717, 1.165) is 12.1 Å². The van der Waals surface area contributed by atoms with Gasteiger partial charge < -0.3 is 25.0 Å². The molecule has 0 bridgehead atoms. The zero-order valence-corrected chi connectivity index (χ0v) is 18.6. The van der Waals surface area contributed by atoms with Gasteiger partial charge in [0, 0.05) is 24.2 Å². The van der Waals surface area contributed by atoms with Crippen molar-refractivity contribution in [1.82, 2.24) is 19.5 Å². The molecule has 1 aliphatic rings. The molecule has 9 heteroatoms. The molecule has 32 heavy (non-hydrogen) atoms. The number of rotatable bonds is 10. The van der Waals surface area contributed by atoms with Crippen LogP contribution >= 0.6 is 0 Å². The zero-order valence-electron chi connectivity index (χ0n) is 18.6. The van der Waals surface area contributed by atoms with E-state index in [1.54, 1.807) is 25.4 Å². The van der Waals surface area contributed by atoms with Gasteiger partial charge in [0.1, 0.15) is 18.1 Å². The monoisotopic (exact) mass is 436 g/mol. The molecule has 4 rings (SSSR count). The lowest BCUT2D eigenvalue weighted by Gasteiger charge is -2.18. The normalized spacial score (nSPS) is 13.2. The van der Waals surface area contributed by atoms with E-state index < -0.39 is 0 Å². The maximum absolute atomic E-state index is 12.0. The summed E-state index contributed by atoms with van der Waals surface area (Å²) >= 11 is 0. The molecule has 2 aromatic heterocycles. The van der Waals surface area contributed by atoms with Crippen LogP contribution in [-0.2, 0) is 4.79 Å². The number of carbonyl (C=O) groups is 1. The van der Waals surface area contributed by atoms with E-state index in [1.165, 1.54) is 24.6 Å². The highest BCUT2D eigenvalue weighted by atomic mass is 16.5. The van der Waals surface area contributed by atoms with Crippen LogP contribution in [0.1, 0.15) is 24.5 Å². The second-order valence-electron chi connectivity index (χ2n) is 7.97. The van der Waals surface area contributed by atoms with Crippen LogP contribution in [0.15, 0.2) is 43.1 Å². The Morgan fingerprint density at radius 2 is 2.09 bits per heavy atom. The largest absolute Gasteiger partial charge is 0.494 e. The lowest BCUT2D eigenvalue weighted by molar-refractivity contribution is -0.111. The molecule has 0 aliphatic heterocycles. The Kier molecular flexibility index (Phi) is 6.27. The highest BCUT2D eigenvalue weighted by Gasteiger charge is 2.27. The number of methoxy groups -OCH3 is 1. The lowest BCUT2D eigenvalue weighted by atomic mass is 10.2. The second-order valence-corrected chi connectivity index (χ2v) is 7.97. The van der Waals surface area contributed by atoms with Crippen LogP contribution < -0.4 is 20.1 Å². The summed E-state index contributed by atoms with van der Waals surface area (Å²) in [6, 6.07) is 7.62. The van der Waals surface area contributed by atoms with Gasteiger partial charge in [0.15, 0.2) is 0 Å². The van der Waals surface area contributed by atoms with Crippen LogP contribution in [0.3, 0.4) is 0 Å². The predicted molar refractivity (Wildman–Crippen MR) is 124 cm³/mol. The molecular formula is C23H28N6O3. The van der Waals surface area contributed by atoms with Crippen molar-refractivity contribution in [1.29, 1.82) is 0 Å². The summed E-state index contributed by atoms with van der Waals surface area (Å²) in [5.74, 6) is 1.70. The molecule has 0 saturated heterocycles. The van der Waals surface area contributed by atoms with Gasteiger partial charge in [-0.2, -0.15) is 0 Å². The first-order chi connectivity index (χ1) is 15.5. The molecule has 1 fully saturated rings. The number of nitrogens with zero attached hydrogens (tertiary/aromatic N) is 4. The Balaban J connectivity index is 1.65. The zero-order chi connectivity index (χ0) is 22.7. The topological polar surface area (TPSA) is 93.0 Å². The van der Waals surface area contributed by atoms with Gasteiger partial charge in [0.25, 0.3) is 0 Å². The van der Waals surface area contributed by atoms with Crippen molar-refractivity contribution in [2.75, 3.05) is 45.0 Å². The van der Waals surface area contributed by atoms with Crippen molar-refractivity contribution in [2.24, 2.45) is 0 Å². The fourth-order valence-corrected chi connectivity index (χ4v) is 3.35. The number of hydrogen-bond acceptors (Lipinski definition) is 7. The molecule has 0 atom stereocenters.